The van der Waals surface area contributed by atoms with Gasteiger partial charge in [0.15, 0.2) is 0 Å². The number of unbranched alkanes of at least 4 members (excludes halogenated alkanes) is 2. The summed E-state index contributed by atoms with van der Waals surface area (Å²) in [5, 5.41) is 0. The minimum atomic E-state index is -0.334. The van der Waals surface area contributed by atoms with Crippen LogP contribution >= 0.6 is 15.9 Å². The zero-order valence-electron chi connectivity index (χ0n) is 19.8. The van der Waals surface area contributed by atoms with Crippen LogP contribution in [0.4, 0.5) is 0 Å². The van der Waals surface area contributed by atoms with Crippen LogP contribution in [0.5, 0.6) is 0 Å². The van der Waals surface area contributed by atoms with E-state index < -0.39 is 0 Å². The second-order valence-corrected chi connectivity index (χ2v) is 11.9. The Balaban J connectivity index is 1.63. The van der Waals surface area contributed by atoms with Gasteiger partial charge in [-0.2, -0.15) is 0 Å². The van der Waals surface area contributed by atoms with Crippen LogP contribution in [0.2, 0.25) is 0 Å². The average Bonchev–Trinajstić information content (AvgIpc) is 2.85. The molecule has 0 heterocycles. The molecule has 0 bridgehead atoms. The second-order valence-electron chi connectivity index (χ2n) is 10.4. The molecule has 0 amide bonds. The number of carbonyl (C=O) groups excluding carboxylic acids is 1. The molecule has 32 heavy (non-hydrogen) atoms. The van der Waals surface area contributed by atoms with Crippen molar-refractivity contribution in [3.8, 4) is 0 Å². The molecule has 1 unspecified atom stereocenters. The molecule has 3 aliphatic rings. The lowest BCUT2D eigenvalue weighted by Gasteiger charge is -2.45. The highest BCUT2D eigenvalue weighted by atomic mass is 79.9. The summed E-state index contributed by atoms with van der Waals surface area (Å²) in [5.41, 5.74) is 3.04. The molecular formula is C30H39BrO. The Morgan fingerprint density at radius 3 is 2.38 bits per heavy atom. The quantitative estimate of drug-likeness (QED) is 0.210. The van der Waals surface area contributed by atoms with E-state index in [4.69, 9.17) is 0 Å². The zero-order valence-corrected chi connectivity index (χ0v) is 21.3. The number of halogens is 1. The first-order valence-electron chi connectivity index (χ1n) is 13.0. The van der Waals surface area contributed by atoms with Crippen molar-refractivity contribution in [3.05, 3.63) is 65.3 Å². The molecule has 0 aromatic heterocycles. The molecule has 0 radical (unpaired) electrons. The van der Waals surface area contributed by atoms with Gasteiger partial charge in [-0.3, -0.25) is 0 Å². The van der Waals surface area contributed by atoms with Crippen molar-refractivity contribution in [1.82, 2.24) is 0 Å². The van der Waals surface area contributed by atoms with E-state index in [0.29, 0.717) is 5.92 Å². The van der Waals surface area contributed by atoms with Crippen LogP contribution < -0.4 is 0 Å². The van der Waals surface area contributed by atoms with Gasteiger partial charge in [-0.15, -0.1) is 0 Å². The molecule has 1 aromatic carbocycles. The van der Waals surface area contributed by atoms with Crippen molar-refractivity contribution in [2.75, 3.05) is 0 Å². The molecular weight excluding hydrogens is 456 g/mol. The Bertz CT molecular complexity index is 861. The van der Waals surface area contributed by atoms with Gasteiger partial charge in [-0.25, -0.2) is 4.79 Å². The molecule has 1 nitrogen and oxygen atoms in total. The number of rotatable bonds is 7. The minimum Gasteiger partial charge on any atom is -0.233 e. The van der Waals surface area contributed by atoms with Crippen molar-refractivity contribution >= 4 is 21.9 Å². The summed E-state index contributed by atoms with van der Waals surface area (Å²) in [7, 11) is 0. The van der Waals surface area contributed by atoms with E-state index in [2.05, 4.69) is 77.4 Å². The van der Waals surface area contributed by atoms with Crippen LogP contribution in [-0.2, 0) is 10.2 Å². The molecule has 0 saturated heterocycles. The van der Waals surface area contributed by atoms with Gasteiger partial charge in [0.2, 0.25) is 0 Å². The fourth-order valence-corrected chi connectivity index (χ4v) is 7.38. The van der Waals surface area contributed by atoms with E-state index in [1.165, 1.54) is 81.8 Å². The monoisotopic (exact) mass is 494 g/mol. The predicted octanol–water partition coefficient (Wildman–Crippen LogP) is 8.66. The summed E-state index contributed by atoms with van der Waals surface area (Å²) in [4.78, 5) is 12.5. The van der Waals surface area contributed by atoms with Crippen LogP contribution in [0, 0.1) is 11.8 Å². The van der Waals surface area contributed by atoms with Gasteiger partial charge >= 0.3 is 0 Å². The van der Waals surface area contributed by atoms with Crippen LogP contribution in [0.15, 0.2) is 59.7 Å². The van der Waals surface area contributed by atoms with Crippen LogP contribution in [0.1, 0.15) is 96.0 Å². The molecule has 1 atom stereocenters. The molecule has 0 aliphatic heterocycles. The predicted molar refractivity (Wildman–Crippen MR) is 139 cm³/mol. The summed E-state index contributed by atoms with van der Waals surface area (Å²) >= 11 is 4.08. The second kappa shape index (κ2) is 10.7. The summed E-state index contributed by atoms with van der Waals surface area (Å²) in [6.45, 7) is 2.29. The highest BCUT2D eigenvalue weighted by Crippen LogP contribution is 2.52. The van der Waals surface area contributed by atoms with Crippen molar-refractivity contribution in [3.63, 3.8) is 0 Å². The Kier molecular flexibility index (Phi) is 7.95. The lowest BCUT2D eigenvalue weighted by molar-refractivity contribution is 0.212. The molecule has 0 spiro atoms. The Morgan fingerprint density at radius 2 is 1.72 bits per heavy atom. The number of allylic oxidation sites excluding steroid dienone is 5. The Hall–Kier alpha value is -1.37. The maximum Gasteiger partial charge on any atom is 0.129 e. The molecule has 2 fully saturated rings. The van der Waals surface area contributed by atoms with Crippen molar-refractivity contribution in [2.24, 2.45) is 11.8 Å². The summed E-state index contributed by atoms with van der Waals surface area (Å²) in [6, 6.07) is 10.8. The SMILES string of the molecule is CCCCCC1CCC(C2(c3ccccc3)C=CC(C3(Br)CCCCC3)=CC2=C=O)CC1. The first-order chi connectivity index (χ1) is 15.6. The third kappa shape index (κ3) is 4.78. The molecule has 3 aliphatic carbocycles. The van der Waals surface area contributed by atoms with E-state index in [-0.39, 0.29) is 9.74 Å². The number of hydrogen-bond acceptors (Lipinski definition) is 1. The average molecular weight is 496 g/mol. The van der Waals surface area contributed by atoms with E-state index in [1.807, 2.05) is 0 Å². The molecule has 172 valence electrons. The third-order valence-corrected chi connectivity index (χ3v) is 9.75. The smallest absolute Gasteiger partial charge is 0.129 e. The highest BCUT2D eigenvalue weighted by Gasteiger charge is 2.46. The molecule has 1 aromatic rings. The molecule has 4 rings (SSSR count). The van der Waals surface area contributed by atoms with E-state index in [0.717, 1.165) is 24.3 Å². The zero-order chi connectivity index (χ0) is 22.4. The Labute approximate surface area is 203 Å². The van der Waals surface area contributed by atoms with Gasteiger partial charge in [-0.05, 0) is 54.7 Å². The molecule has 2 heteroatoms. The van der Waals surface area contributed by atoms with Gasteiger partial charge < -0.3 is 0 Å². The van der Waals surface area contributed by atoms with Crippen LogP contribution in [-0.4, -0.2) is 10.3 Å². The Morgan fingerprint density at radius 1 is 1.00 bits per heavy atom. The standard InChI is InChI=1S/C30H39BrO/c1-2-3-6-11-24-14-16-26(17-15-24)30(25-12-7-4-8-13-25)21-18-27(22-28(30)23-32)29(31)19-9-5-10-20-29/h4,7-8,12-13,18,21-22,24,26H,2-3,5-6,9-11,14-17,19-20H2,1H3. The molecule has 2 saturated carbocycles. The highest BCUT2D eigenvalue weighted by molar-refractivity contribution is 9.10. The lowest BCUT2D eigenvalue weighted by atomic mass is 9.58. The third-order valence-electron chi connectivity index (χ3n) is 8.50. The minimum absolute atomic E-state index is 0.0175. The maximum atomic E-state index is 12.5. The summed E-state index contributed by atoms with van der Waals surface area (Å²) in [5.74, 6) is 3.78. The maximum absolute atomic E-state index is 12.5. The van der Waals surface area contributed by atoms with Crippen LogP contribution in [0.3, 0.4) is 0 Å². The van der Waals surface area contributed by atoms with Gasteiger partial charge in [0.1, 0.15) is 5.94 Å². The van der Waals surface area contributed by atoms with Crippen molar-refractivity contribution < 1.29 is 4.79 Å². The normalized spacial score (nSPS) is 29.9. The van der Waals surface area contributed by atoms with Crippen molar-refractivity contribution in [2.45, 2.75) is 100 Å². The van der Waals surface area contributed by atoms with Gasteiger partial charge in [0.05, 0.1) is 15.3 Å². The fourth-order valence-electron chi connectivity index (χ4n) is 6.57. The van der Waals surface area contributed by atoms with Gasteiger partial charge in [0.25, 0.3) is 0 Å². The van der Waals surface area contributed by atoms with E-state index >= 15 is 0 Å². The molecule has 0 N–H and O–H groups in total. The topological polar surface area (TPSA) is 17.1 Å². The summed E-state index contributed by atoms with van der Waals surface area (Å²) < 4.78 is 0.0175. The lowest BCUT2D eigenvalue weighted by Crippen LogP contribution is -2.40. The van der Waals surface area contributed by atoms with Gasteiger partial charge in [0, 0.05) is 0 Å². The summed E-state index contributed by atoms with van der Waals surface area (Å²) in [6.07, 6.45) is 23.4. The van der Waals surface area contributed by atoms with Crippen LogP contribution in [0.25, 0.3) is 0 Å². The fraction of sp³-hybridized carbons (Fsp3) is 0.600. The number of benzene rings is 1. The van der Waals surface area contributed by atoms with E-state index in [1.54, 1.807) is 0 Å². The number of alkyl halides is 1. The number of hydrogen-bond donors (Lipinski definition) is 0. The first-order valence-corrected chi connectivity index (χ1v) is 13.8. The van der Waals surface area contributed by atoms with E-state index in [9.17, 15) is 4.79 Å². The largest absolute Gasteiger partial charge is 0.233 e. The van der Waals surface area contributed by atoms with Crippen molar-refractivity contribution in [1.29, 1.82) is 0 Å². The first kappa shape index (κ1) is 23.8. The van der Waals surface area contributed by atoms with Gasteiger partial charge in [-0.1, -0.05) is 123 Å².